The fourth-order valence-corrected chi connectivity index (χ4v) is 4.07. The van der Waals surface area contributed by atoms with E-state index >= 15 is 0 Å². The highest BCUT2D eigenvalue weighted by Gasteiger charge is 2.20. The molecule has 154 valence electrons. The lowest BCUT2D eigenvalue weighted by Gasteiger charge is -2.20. The van der Waals surface area contributed by atoms with E-state index < -0.39 is 11.6 Å². The second kappa shape index (κ2) is 8.15. The Labute approximate surface area is 173 Å². The van der Waals surface area contributed by atoms with Gasteiger partial charge in [0.05, 0.1) is 12.1 Å². The molecular formula is C23H22FN3O3. The highest BCUT2D eigenvalue weighted by molar-refractivity contribution is 5.68. The Morgan fingerprint density at radius 1 is 1.27 bits per heavy atom. The van der Waals surface area contributed by atoms with Gasteiger partial charge < -0.3 is 14.2 Å². The number of hydrogen-bond acceptors (Lipinski definition) is 5. The number of fused-ring (bicyclic) bond motifs is 1. The fraction of sp³-hybridized carbons (Fsp3) is 0.348. The lowest BCUT2D eigenvalue weighted by atomic mass is 9.92. The molecule has 0 aliphatic heterocycles. The zero-order valence-corrected chi connectivity index (χ0v) is 16.7. The molecule has 0 spiro atoms. The van der Waals surface area contributed by atoms with Crippen LogP contribution in [0.2, 0.25) is 0 Å². The average molecular weight is 407 g/mol. The van der Waals surface area contributed by atoms with Crippen LogP contribution in [0.15, 0.2) is 33.6 Å². The second-order valence-electron chi connectivity index (χ2n) is 7.63. The molecule has 2 aromatic heterocycles. The van der Waals surface area contributed by atoms with Gasteiger partial charge in [-0.05, 0) is 55.9 Å². The van der Waals surface area contributed by atoms with Gasteiger partial charge in [0.1, 0.15) is 11.8 Å². The molecule has 30 heavy (non-hydrogen) atoms. The number of nitriles is 1. The number of halogens is 1. The third kappa shape index (κ3) is 3.61. The number of aryl methyl sites for hydroxylation is 2. The molecule has 3 aromatic rings. The van der Waals surface area contributed by atoms with Crippen LogP contribution in [0.25, 0.3) is 11.3 Å². The SMILES string of the molecule is CCCc1cc2c(c(=O)n1Cc1cc(-c3cc(O)c(F)cc3C#N)on1)CCCC2. The van der Waals surface area contributed by atoms with Crippen LogP contribution in [0.1, 0.15) is 54.3 Å². The number of pyridine rings is 1. The van der Waals surface area contributed by atoms with Crippen molar-refractivity contribution >= 4 is 0 Å². The molecule has 1 aliphatic rings. The highest BCUT2D eigenvalue weighted by atomic mass is 19.1. The van der Waals surface area contributed by atoms with Gasteiger partial charge in [-0.2, -0.15) is 5.26 Å². The molecule has 2 heterocycles. The minimum atomic E-state index is -0.875. The molecular weight excluding hydrogens is 385 g/mol. The summed E-state index contributed by atoms with van der Waals surface area (Å²) in [6, 6.07) is 7.76. The molecule has 0 saturated heterocycles. The van der Waals surface area contributed by atoms with Crippen LogP contribution in [0, 0.1) is 17.1 Å². The summed E-state index contributed by atoms with van der Waals surface area (Å²) >= 11 is 0. The third-order valence-electron chi connectivity index (χ3n) is 5.56. The number of hydrogen-bond donors (Lipinski definition) is 1. The first-order valence-corrected chi connectivity index (χ1v) is 10.1. The van der Waals surface area contributed by atoms with Crippen molar-refractivity contribution in [2.24, 2.45) is 0 Å². The van der Waals surface area contributed by atoms with Crippen molar-refractivity contribution in [2.75, 3.05) is 0 Å². The van der Waals surface area contributed by atoms with Crippen molar-refractivity contribution in [3.8, 4) is 23.1 Å². The minimum Gasteiger partial charge on any atom is -0.505 e. The number of aromatic nitrogens is 2. The van der Waals surface area contributed by atoms with E-state index in [1.807, 2.05) is 6.07 Å². The minimum absolute atomic E-state index is 0.0253. The molecule has 0 saturated carbocycles. The predicted molar refractivity (Wildman–Crippen MR) is 109 cm³/mol. The van der Waals surface area contributed by atoms with E-state index in [1.54, 1.807) is 10.6 Å². The van der Waals surface area contributed by atoms with Crippen LogP contribution in [-0.4, -0.2) is 14.8 Å². The molecule has 0 fully saturated rings. The summed E-state index contributed by atoms with van der Waals surface area (Å²) in [5.41, 5.74) is 3.86. The van der Waals surface area contributed by atoms with Crippen molar-refractivity contribution in [3.63, 3.8) is 0 Å². The van der Waals surface area contributed by atoms with Gasteiger partial charge in [-0.3, -0.25) is 4.79 Å². The van der Waals surface area contributed by atoms with Gasteiger partial charge in [0.15, 0.2) is 17.3 Å². The Balaban J connectivity index is 1.72. The standard InChI is InChI=1S/C23H22FN3O3/c1-2-5-17-8-14-6-3-4-7-18(14)23(29)27(17)13-16-10-22(30-26-16)19-11-21(28)20(24)9-15(19)12-25/h8-11,28H,2-7,13H2,1H3. The second-order valence-corrected chi connectivity index (χ2v) is 7.63. The Morgan fingerprint density at radius 3 is 2.83 bits per heavy atom. The highest BCUT2D eigenvalue weighted by Crippen LogP contribution is 2.30. The Kier molecular flexibility index (Phi) is 5.40. The van der Waals surface area contributed by atoms with Crippen LogP contribution in [0.3, 0.4) is 0 Å². The number of rotatable bonds is 5. The molecule has 1 aliphatic carbocycles. The van der Waals surface area contributed by atoms with E-state index in [0.29, 0.717) is 5.69 Å². The van der Waals surface area contributed by atoms with Crippen LogP contribution >= 0.6 is 0 Å². The maximum atomic E-state index is 13.6. The monoisotopic (exact) mass is 407 g/mol. The van der Waals surface area contributed by atoms with Gasteiger partial charge in [0, 0.05) is 22.9 Å². The fourth-order valence-electron chi connectivity index (χ4n) is 4.07. The summed E-state index contributed by atoms with van der Waals surface area (Å²) in [6.45, 7) is 2.33. The van der Waals surface area contributed by atoms with E-state index in [4.69, 9.17) is 4.52 Å². The number of aromatic hydroxyl groups is 1. The van der Waals surface area contributed by atoms with Crippen molar-refractivity contribution in [3.05, 3.63) is 68.5 Å². The molecule has 0 atom stereocenters. The molecule has 0 amide bonds. The van der Waals surface area contributed by atoms with Crippen LogP contribution in [0.4, 0.5) is 4.39 Å². The van der Waals surface area contributed by atoms with Crippen LogP contribution < -0.4 is 5.56 Å². The lowest BCUT2D eigenvalue weighted by molar-refractivity contribution is 0.417. The summed E-state index contributed by atoms with van der Waals surface area (Å²) in [7, 11) is 0. The predicted octanol–water partition coefficient (Wildman–Crippen LogP) is 4.10. The van der Waals surface area contributed by atoms with Crippen molar-refractivity contribution in [1.82, 2.24) is 9.72 Å². The lowest BCUT2D eigenvalue weighted by Crippen LogP contribution is -2.30. The number of benzene rings is 1. The van der Waals surface area contributed by atoms with Gasteiger partial charge >= 0.3 is 0 Å². The first-order valence-electron chi connectivity index (χ1n) is 10.1. The molecule has 0 radical (unpaired) electrons. The zero-order valence-electron chi connectivity index (χ0n) is 16.7. The number of phenols is 1. The van der Waals surface area contributed by atoms with Gasteiger partial charge in [-0.1, -0.05) is 18.5 Å². The first kappa shape index (κ1) is 19.9. The molecule has 0 unspecified atom stereocenters. The maximum absolute atomic E-state index is 13.6. The molecule has 4 rings (SSSR count). The molecule has 7 heteroatoms. The largest absolute Gasteiger partial charge is 0.505 e. The molecule has 1 aromatic carbocycles. The van der Waals surface area contributed by atoms with E-state index in [0.717, 1.165) is 67.5 Å². The number of nitrogens with zero attached hydrogens (tertiary/aromatic N) is 3. The van der Waals surface area contributed by atoms with Crippen LogP contribution in [0.5, 0.6) is 5.75 Å². The van der Waals surface area contributed by atoms with Gasteiger partial charge in [0.25, 0.3) is 5.56 Å². The smallest absolute Gasteiger partial charge is 0.254 e. The van der Waals surface area contributed by atoms with Gasteiger partial charge in [-0.15, -0.1) is 0 Å². The number of phenolic OH excluding ortho intramolecular Hbond substituents is 1. The Morgan fingerprint density at radius 2 is 2.07 bits per heavy atom. The Hall–Kier alpha value is -3.40. The first-order chi connectivity index (χ1) is 14.5. The molecule has 0 bridgehead atoms. The van der Waals surface area contributed by atoms with Crippen molar-refractivity contribution in [2.45, 2.75) is 52.0 Å². The van der Waals surface area contributed by atoms with Crippen LogP contribution in [-0.2, 0) is 25.8 Å². The topological polar surface area (TPSA) is 92.1 Å². The summed E-state index contributed by atoms with van der Waals surface area (Å²) < 4.78 is 20.7. The third-order valence-corrected chi connectivity index (χ3v) is 5.56. The van der Waals surface area contributed by atoms with E-state index in [9.17, 15) is 19.6 Å². The molecule has 1 N–H and O–H groups in total. The average Bonchev–Trinajstić information content (AvgIpc) is 3.21. The summed E-state index contributed by atoms with van der Waals surface area (Å²) in [5.74, 6) is -1.21. The van der Waals surface area contributed by atoms with Crippen molar-refractivity contribution in [1.29, 1.82) is 5.26 Å². The summed E-state index contributed by atoms with van der Waals surface area (Å²) in [4.78, 5) is 13.2. The zero-order chi connectivity index (χ0) is 21.3. The normalized spacial score (nSPS) is 13.1. The van der Waals surface area contributed by atoms with E-state index in [1.165, 1.54) is 0 Å². The molecule has 6 nitrogen and oxygen atoms in total. The Bertz CT molecular complexity index is 1200. The summed E-state index contributed by atoms with van der Waals surface area (Å²) in [5, 5.41) is 23.0. The summed E-state index contributed by atoms with van der Waals surface area (Å²) in [6.07, 6.45) is 5.58. The quantitative estimate of drug-likeness (QED) is 0.687. The van der Waals surface area contributed by atoms with Crippen molar-refractivity contribution < 1.29 is 14.0 Å². The van der Waals surface area contributed by atoms with Gasteiger partial charge in [0.2, 0.25) is 0 Å². The van der Waals surface area contributed by atoms with Gasteiger partial charge in [-0.25, -0.2) is 4.39 Å². The van der Waals surface area contributed by atoms with E-state index in [2.05, 4.69) is 18.1 Å². The van der Waals surface area contributed by atoms with E-state index in [-0.39, 0.29) is 29.0 Å². The maximum Gasteiger partial charge on any atom is 0.254 e.